The molecule has 0 atom stereocenters. The van der Waals surface area contributed by atoms with Crippen molar-refractivity contribution in [2.45, 2.75) is 13.8 Å². The number of hydrogen-bond donors (Lipinski definition) is 1. The number of aromatic nitrogens is 1. The van der Waals surface area contributed by atoms with Gasteiger partial charge in [0.25, 0.3) is 11.8 Å². The number of benzene rings is 3. The number of anilines is 1. The molecule has 0 saturated carbocycles. The Morgan fingerprint density at radius 1 is 1.03 bits per heavy atom. The average molecular weight is 491 g/mol. The summed E-state index contributed by atoms with van der Waals surface area (Å²) in [5.74, 6) is -0.566. The molecule has 2 amide bonds. The van der Waals surface area contributed by atoms with Gasteiger partial charge >= 0.3 is 0 Å². The van der Waals surface area contributed by atoms with E-state index in [1.54, 1.807) is 24.4 Å². The summed E-state index contributed by atoms with van der Waals surface area (Å²) < 4.78 is 2.03. The molecule has 170 valence electrons. The Morgan fingerprint density at radius 3 is 2.56 bits per heavy atom. The van der Waals surface area contributed by atoms with Gasteiger partial charge in [-0.15, -0.1) is 0 Å². The van der Waals surface area contributed by atoms with E-state index in [1.807, 2.05) is 60.9 Å². The molecule has 0 bridgehead atoms. The monoisotopic (exact) mass is 490 g/mol. The van der Waals surface area contributed by atoms with Gasteiger partial charge in [0.05, 0.1) is 21.9 Å². The van der Waals surface area contributed by atoms with E-state index in [0.717, 1.165) is 39.1 Å². The maximum atomic E-state index is 12.9. The van der Waals surface area contributed by atoms with Gasteiger partial charge in [-0.3, -0.25) is 14.5 Å². The summed E-state index contributed by atoms with van der Waals surface area (Å²) in [5, 5.41) is 6.94. The summed E-state index contributed by atoms with van der Waals surface area (Å²) in [6, 6.07) is 18.7. The first kappa shape index (κ1) is 22.2. The number of nitrogens with one attached hydrogen (secondary N) is 1. The summed E-state index contributed by atoms with van der Waals surface area (Å²) in [4.78, 5) is 26.9. The number of amides is 2. The zero-order valence-corrected chi connectivity index (χ0v) is 20.0. The third-order valence-corrected chi connectivity index (χ3v) is 6.71. The molecule has 0 fully saturated rings. The van der Waals surface area contributed by atoms with Crippen LogP contribution < -0.4 is 10.3 Å². The second kappa shape index (κ2) is 8.63. The second-order valence-electron chi connectivity index (χ2n) is 8.13. The topological polar surface area (TPSA) is 66.7 Å². The molecule has 3 aromatic carbocycles. The normalized spacial score (nSPS) is 12.8. The summed E-state index contributed by atoms with van der Waals surface area (Å²) in [6.07, 6.45) is 1.59. The van der Waals surface area contributed by atoms with Crippen LogP contribution >= 0.6 is 23.2 Å². The summed E-state index contributed by atoms with van der Waals surface area (Å²) in [6.45, 7) is 3.81. The van der Waals surface area contributed by atoms with Crippen molar-refractivity contribution in [2.24, 2.45) is 5.10 Å². The quantitative estimate of drug-likeness (QED) is 0.289. The molecule has 4 aromatic rings. The van der Waals surface area contributed by atoms with Crippen molar-refractivity contribution in [3.8, 4) is 5.69 Å². The van der Waals surface area contributed by atoms with E-state index < -0.39 is 0 Å². The van der Waals surface area contributed by atoms with E-state index >= 15 is 0 Å². The first-order valence-corrected chi connectivity index (χ1v) is 11.4. The summed E-state index contributed by atoms with van der Waals surface area (Å²) in [7, 11) is 0. The zero-order chi connectivity index (χ0) is 24.0. The molecule has 0 aliphatic carbocycles. The number of halogens is 2. The number of carbonyl (C=O) groups excluding carboxylic acids is 2. The van der Waals surface area contributed by atoms with Gasteiger partial charge in [-0.05, 0) is 55.6 Å². The van der Waals surface area contributed by atoms with E-state index in [-0.39, 0.29) is 18.4 Å². The highest BCUT2D eigenvalue weighted by molar-refractivity contribution is 6.42. The molecule has 34 heavy (non-hydrogen) atoms. The third kappa shape index (κ3) is 3.75. The molecule has 0 unspecified atom stereocenters. The van der Waals surface area contributed by atoms with Crippen LogP contribution in [0.15, 0.2) is 65.8 Å². The predicted octanol–water partition coefficient (Wildman–Crippen LogP) is 5.66. The van der Waals surface area contributed by atoms with Gasteiger partial charge in [-0.1, -0.05) is 47.5 Å². The third-order valence-electron chi connectivity index (χ3n) is 5.98. The van der Waals surface area contributed by atoms with Crippen LogP contribution in [0.1, 0.15) is 27.3 Å². The molecule has 1 N–H and O–H groups in total. The molecule has 1 aliphatic heterocycles. The van der Waals surface area contributed by atoms with Crippen molar-refractivity contribution in [1.82, 2.24) is 9.99 Å². The molecule has 1 aromatic heterocycles. The number of aryl methyl sites for hydroxylation is 1. The highest BCUT2D eigenvalue weighted by Crippen LogP contribution is 2.36. The number of rotatable bonds is 5. The first-order chi connectivity index (χ1) is 16.3. The first-order valence-electron chi connectivity index (χ1n) is 10.6. The number of carbonyl (C=O) groups is 2. The average Bonchev–Trinajstić information content (AvgIpc) is 3.25. The van der Waals surface area contributed by atoms with Crippen LogP contribution in [0.2, 0.25) is 10.0 Å². The van der Waals surface area contributed by atoms with Crippen molar-refractivity contribution in [2.75, 3.05) is 11.4 Å². The standard InChI is InChI=1S/C26H20Cl2N4O2/c1-15-11-18(16(2)32(15)19-9-10-21(27)22(28)12-19)13-29-30-24(33)14-31-23-8-4-6-17-5-3-7-20(25(17)23)26(31)34/h3-13H,14H2,1-2H3,(H,30,33)/b29-13-. The molecular formula is C26H20Cl2N4O2. The lowest BCUT2D eigenvalue weighted by molar-refractivity contribution is -0.119. The Kier molecular flexibility index (Phi) is 5.63. The van der Waals surface area contributed by atoms with Gasteiger partial charge in [-0.25, -0.2) is 5.43 Å². The van der Waals surface area contributed by atoms with Crippen molar-refractivity contribution in [1.29, 1.82) is 0 Å². The molecule has 8 heteroatoms. The SMILES string of the molecule is Cc1cc(/C=N\NC(=O)CN2C(=O)c3cccc4cccc2c34)c(C)n1-c1ccc(Cl)c(Cl)c1. The summed E-state index contributed by atoms with van der Waals surface area (Å²) in [5.41, 5.74) is 7.54. The van der Waals surface area contributed by atoms with Gasteiger partial charge in [0.1, 0.15) is 6.54 Å². The largest absolute Gasteiger partial charge is 0.318 e. The van der Waals surface area contributed by atoms with Crippen LogP contribution in [-0.2, 0) is 4.79 Å². The maximum Gasteiger partial charge on any atom is 0.260 e. The fourth-order valence-electron chi connectivity index (χ4n) is 4.43. The minimum atomic E-state index is -0.382. The van der Waals surface area contributed by atoms with Crippen LogP contribution in [0.4, 0.5) is 5.69 Å². The molecule has 2 heterocycles. The zero-order valence-electron chi connectivity index (χ0n) is 18.5. The van der Waals surface area contributed by atoms with E-state index in [4.69, 9.17) is 23.2 Å². The van der Waals surface area contributed by atoms with Crippen LogP contribution in [0, 0.1) is 13.8 Å². The molecular weight excluding hydrogens is 471 g/mol. The van der Waals surface area contributed by atoms with E-state index in [1.165, 1.54) is 4.90 Å². The fraction of sp³-hybridized carbons (Fsp3) is 0.115. The highest BCUT2D eigenvalue weighted by atomic mass is 35.5. The maximum absolute atomic E-state index is 12.9. The molecule has 0 saturated heterocycles. The van der Waals surface area contributed by atoms with Crippen LogP contribution in [0.5, 0.6) is 0 Å². The van der Waals surface area contributed by atoms with Crippen molar-refractivity contribution < 1.29 is 9.59 Å². The lowest BCUT2D eigenvalue weighted by Crippen LogP contribution is -2.37. The molecule has 1 aliphatic rings. The molecule has 0 spiro atoms. The Labute approximate surface area is 206 Å². The second-order valence-corrected chi connectivity index (χ2v) is 8.94. The Bertz CT molecular complexity index is 1500. The summed E-state index contributed by atoms with van der Waals surface area (Å²) >= 11 is 12.2. The number of nitrogens with zero attached hydrogens (tertiary/aromatic N) is 3. The number of hydrogen-bond acceptors (Lipinski definition) is 3. The van der Waals surface area contributed by atoms with Crippen molar-refractivity contribution in [3.05, 3.63) is 93.2 Å². The van der Waals surface area contributed by atoms with Gasteiger partial charge < -0.3 is 4.57 Å². The van der Waals surface area contributed by atoms with Crippen LogP contribution in [0.25, 0.3) is 16.5 Å². The number of hydrazone groups is 1. The minimum Gasteiger partial charge on any atom is -0.318 e. The van der Waals surface area contributed by atoms with Gasteiger partial charge in [-0.2, -0.15) is 5.10 Å². The van der Waals surface area contributed by atoms with E-state index in [9.17, 15) is 9.59 Å². The minimum absolute atomic E-state index is 0.119. The van der Waals surface area contributed by atoms with Crippen molar-refractivity contribution in [3.63, 3.8) is 0 Å². The Hall–Kier alpha value is -3.61. The van der Waals surface area contributed by atoms with E-state index in [0.29, 0.717) is 15.6 Å². The van der Waals surface area contributed by atoms with Crippen molar-refractivity contribution >= 4 is 57.7 Å². The molecule has 0 radical (unpaired) electrons. The molecule has 6 nitrogen and oxygen atoms in total. The van der Waals surface area contributed by atoms with E-state index in [2.05, 4.69) is 10.5 Å². The lowest BCUT2D eigenvalue weighted by atomic mass is 10.1. The Balaban J connectivity index is 1.31. The van der Waals surface area contributed by atoms with Gasteiger partial charge in [0.15, 0.2) is 0 Å². The highest BCUT2D eigenvalue weighted by Gasteiger charge is 2.30. The Morgan fingerprint density at radius 2 is 1.79 bits per heavy atom. The predicted molar refractivity (Wildman–Crippen MR) is 137 cm³/mol. The lowest BCUT2D eigenvalue weighted by Gasteiger charge is -2.16. The molecule has 5 rings (SSSR count). The fourth-order valence-corrected chi connectivity index (χ4v) is 4.72. The van der Waals surface area contributed by atoms with Gasteiger partial charge in [0, 0.05) is 33.6 Å². The van der Waals surface area contributed by atoms with Crippen LogP contribution in [-0.4, -0.2) is 29.1 Å². The smallest absolute Gasteiger partial charge is 0.260 e. The van der Waals surface area contributed by atoms with Gasteiger partial charge in [0.2, 0.25) is 0 Å². The van der Waals surface area contributed by atoms with Crippen LogP contribution in [0.3, 0.4) is 0 Å².